The molecular formula is C21H20ClN3O2. The van der Waals surface area contributed by atoms with Gasteiger partial charge in [-0.1, -0.05) is 11.6 Å². The topological polar surface area (TPSA) is 57.4 Å². The molecule has 0 spiro atoms. The van der Waals surface area contributed by atoms with E-state index in [4.69, 9.17) is 21.4 Å². The van der Waals surface area contributed by atoms with Gasteiger partial charge in [0, 0.05) is 24.3 Å². The Morgan fingerprint density at radius 2 is 1.30 bits per heavy atom. The van der Waals surface area contributed by atoms with Crippen LogP contribution in [-0.2, 0) is 0 Å². The van der Waals surface area contributed by atoms with E-state index < -0.39 is 0 Å². The van der Waals surface area contributed by atoms with E-state index in [1.807, 2.05) is 72.6 Å². The van der Waals surface area contributed by atoms with Gasteiger partial charge in [-0.2, -0.15) is 10.2 Å². The highest BCUT2D eigenvalue weighted by Gasteiger charge is 2.00. The summed E-state index contributed by atoms with van der Waals surface area (Å²) in [6.45, 7) is 0.709. The molecule has 0 heterocycles. The van der Waals surface area contributed by atoms with Crippen molar-refractivity contribution in [2.45, 2.75) is 0 Å². The third-order valence-electron chi connectivity index (χ3n) is 3.89. The quantitative estimate of drug-likeness (QED) is 0.512. The second-order valence-corrected chi connectivity index (χ2v) is 6.35. The van der Waals surface area contributed by atoms with Crippen LogP contribution in [0.15, 0.2) is 83.0 Å². The third-order valence-corrected chi connectivity index (χ3v) is 4.14. The van der Waals surface area contributed by atoms with Gasteiger partial charge in [-0.3, -0.25) is 0 Å². The first kappa shape index (κ1) is 18.9. The first-order chi connectivity index (χ1) is 13.1. The van der Waals surface area contributed by atoms with Crippen molar-refractivity contribution in [1.29, 1.82) is 0 Å². The summed E-state index contributed by atoms with van der Waals surface area (Å²) in [7, 11) is 1.93. The van der Waals surface area contributed by atoms with Gasteiger partial charge >= 0.3 is 0 Å². The van der Waals surface area contributed by atoms with Crippen LogP contribution in [0.25, 0.3) is 0 Å². The number of hydrogen-bond donors (Lipinski definition) is 1. The van der Waals surface area contributed by atoms with Gasteiger partial charge in [-0.15, -0.1) is 0 Å². The lowest BCUT2D eigenvalue weighted by atomic mass is 10.2. The Bertz CT molecular complexity index is 879. The van der Waals surface area contributed by atoms with E-state index in [-0.39, 0.29) is 6.61 Å². The van der Waals surface area contributed by atoms with Crippen molar-refractivity contribution in [3.8, 4) is 11.5 Å². The van der Waals surface area contributed by atoms with Crippen LogP contribution in [0.5, 0.6) is 11.5 Å². The molecule has 0 saturated carbocycles. The Morgan fingerprint density at radius 1 is 0.815 bits per heavy atom. The Hall–Kier alpha value is -2.89. The second kappa shape index (κ2) is 9.16. The van der Waals surface area contributed by atoms with Gasteiger partial charge in [0.05, 0.1) is 18.0 Å². The number of rotatable bonds is 7. The summed E-state index contributed by atoms with van der Waals surface area (Å²) in [4.78, 5) is 1.97. The highest BCUT2D eigenvalue weighted by molar-refractivity contribution is 6.30. The second-order valence-electron chi connectivity index (χ2n) is 5.91. The molecule has 5 nitrogen and oxygen atoms in total. The highest BCUT2D eigenvalue weighted by Crippen LogP contribution is 2.26. The van der Waals surface area contributed by atoms with Gasteiger partial charge in [0.15, 0.2) is 0 Å². The zero-order valence-corrected chi connectivity index (χ0v) is 15.7. The molecule has 0 amide bonds. The first-order valence-corrected chi connectivity index (χ1v) is 8.89. The first-order valence-electron chi connectivity index (χ1n) is 8.51. The van der Waals surface area contributed by atoms with E-state index in [1.54, 1.807) is 12.1 Å². The summed E-state index contributed by atoms with van der Waals surface area (Å²) < 4.78 is 5.75. The number of halogens is 1. The third kappa shape index (κ3) is 5.54. The normalized spacial score (nSPS) is 10.9. The predicted molar refractivity (Wildman–Crippen MR) is 109 cm³/mol. The number of azo groups is 1. The number of aliphatic hydroxyl groups excluding tert-OH is 1. The van der Waals surface area contributed by atoms with Crippen LogP contribution < -0.4 is 9.64 Å². The molecule has 0 radical (unpaired) electrons. The highest BCUT2D eigenvalue weighted by atomic mass is 35.5. The minimum Gasteiger partial charge on any atom is -0.457 e. The molecule has 0 aliphatic rings. The van der Waals surface area contributed by atoms with Crippen molar-refractivity contribution in [3.63, 3.8) is 0 Å². The monoisotopic (exact) mass is 381 g/mol. The zero-order chi connectivity index (χ0) is 19.1. The van der Waals surface area contributed by atoms with Crippen LogP contribution in [0.1, 0.15) is 0 Å². The minimum atomic E-state index is 0.121. The van der Waals surface area contributed by atoms with E-state index in [1.165, 1.54) is 0 Å². The summed E-state index contributed by atoms with van der Waals surface area (Å²) in [5, 5.41) is 18.2. The molecule has 3 rings (SSSR count). The van der Waals surface area contributed by atoms with Crippen molar-refractivity contribution in [2.75, 3.05) is 25.1 Å². The Labute approximate surface area is 163 Å². The Kier molecular flexibility index (Phi) is 6.41. The number of aliphatic hydroxyl groups is 1. The molecule has 0 fully saturated rings. The fourth-order valence-corrected chi connectivity index (χ4v) is 2.51. The lowest BCUT2D eigenvalue weighted by Gasteiger charge is -2.17. The van der Waals surface area contributed by atoms with Crippen molar-refractivity contribution in [3.05, 3.63) is 77.8 Å². The number of ether oxygens (including phenoxy) is 1. The maximum absolute atomic E-state index is 8.99. The van der Waals surface area contributed by atoms with Crippen molar-refractivity contribution in [1.82, 2.24) is 0 Å². The molecule has 0 unspecified atom stereocenters. The van der Waals surface area contributed by atoms with Crippen LogP contribution in [0.4, 0.5) is 17.1 Å². The molecule has 1 N–H and O–H groups in total. The lowest BCUT2D eigenvalue weighted by molar-refractivity contribution is 0.304. The predicted octanol–water partition coefficient (Wildman–Crippen LogP) is 5.98. The molecule has 0 saturated heterocycles. The average molecular weight is 382 g/mol. The summed E-state index contributed by atoms with van der Waals surface area (Å²) in [5.41, 5.74) is 2.52. The minimum absolute atomic E-state index is 0.121. The van der Waals surface area contributed by atoms with Gasteiger partial charge in [-0.05, 0) is 72.8 Å². The van der Waals surface area contributed by atoms with E-state index >= 15 is 0 Å². The molecule has 138 valence electrons. The van der Waals surface area contributed by atoms with Gasteiger partial charge in [-0.25, -0.2) is 0 Å². The van der Waals surface area contributed by atoms with Crippen LogP contribution in [0, 0.1) is 0 Å². The largest absolute Gasteiger partial charge is 0.457 e. The molecule has 0 aliphatic carbocycles. The molecule has 0 atom stereocenters. The number of benzene rings is 3. The van der Waals surface area contributed by atoms with Crippen molar-refractivity contribution >= 4 is 28.7 Å². The molecular weight excluding hydrogens is 362 g/mol. The van der Waals surface area contributed by atoms with Crippen LogP contribution >= 0.6 is 11.6 Å². The van der Waals surface area contributed by atoms with E-state index in [0.717, 1.165) is 22.8 Å². The van der Waals surface area contributed by atoms with Gasteiger partial charge in [0.1, 0.15) is 11.5 Å². The van der Waals surface area contributed by atoms with Gasteiger partial charge < -0.3 is 14.7 Å². The molecule has 27 heavy (non-hydrogen) atoms. The Morgan fingerprint density at radius 3 is 1.81 bits per heavy atom. The maximum Gasteiger partial charge on any atom is 0.127 e. The fourth-order valence-electron chi connectivity index (χ4n) is 2.39. The summed E-state index contributed by atoms with van der Waals surface area (Å²) in [6.07, 6.45) is 0. The standard InChI is InChI=1S/C21H20ClN3O2/c1-25(14-15-26)19-8-4-17(5-9-19)23-24-18-6-12-21(13-7-18)27-20-10-2-16(22)3-11-20/h2-13,26H,14-15H2,1H3. The van der Waals surface area contributed by atoms with E-state index in [9.17, 15) is 0 Å². The molecule has 0 aliphatic heterocycles. The van der Waals surface area contributed by atoms with E-state index in [2.05, 4.69) is 10.2 Å². The Balaban J connectivity index is 1.61. The smallest absolute Gasteiger partial charge is 0.127 e. The lowest BCUT2D eigenvalue weighted by Crippen LogP contribution is -2.20. The molecule has 0 bridgehead atoms. The average Bonchev–Trinajstić information content (AvgIpc) is 2.70. The van der Waals surface area contributed by atoms with Crippen molar-refractivity contribution in [2.24, 2.45) is 10.2 Å². The number of nitrogens with zero attached hydrogens (tertiary/aromatic N) is 3. The number of likely N-dealkylation sites (N-methyl/N-ethyl adjacent to an activating group) is 1. The number of anilines is 1. The molecule has 3 aromatic carbocycles. The van der Waals surface area contributed by atoms with Gasteiger partial charge in [0.2, 0.25) is 0 Å². The van der Waals surface area contributed by atoms with Gasteiger partial charge in [0.25, 0.3) is 0 Å². The fraction of sp³-hybridized carbons (Fsp3) is 0.143. The molecule has 6 heteroatoms. The molecule has 0 aromatic heterocycles. The zero-order valence-electron chi connectivity index (χ0n) is 14.9. The van der Waals surface area contributed by atoms with E-state index in [0.29, 0.717) is 17.3 Å². The summed E-state index contributed by atoms with van der Waals surface area (Å²) in [6, 6.07) is 22.3. The van der Waals surface area contributed by atoms with Crippen LogP contribution in [-0.4, -0.2) is 25.3 Å². The SMILES string of the molecule is CN(CCO)c1ccc(N=Nc2ccc(Oc3ccc(Cl)cc3)cc2)cc1. The summed E-state index contributed by atoms with van der Waals surface area (Å²) in [5.74, 6) is 1.44. The van der Waals surface area contributed by atoms with Crippen LogP contribution in [0.3, 0.4) is 0 Å². The summed E-state index contributed by atoms with van der Waals surface area (Å²) >= 11 is 5.87. The van der Waals surface area contributed by atoms with Crippen molar-refractivity contribution < 1.29 is 9.84 Å². The maximum atomic E-state index is 8.99. The van der Waals surface area contributed by atoms with Crippen LogP contribution in [0.2, 0.25) is 5.02 Å². The number of hydrogen-bond acceptors (Lipinski definition) is 5. The molecule has 3 aromatic rings.